The molecule has 0 bridgehead atoms. The lowest BCUT2D eigenvalue weighted by atomic mass is 9.89. The minimum Gasteiger partial charge on any atom is -0.264 e. The lowest BCUT2D eigenvalue weighted by molar-refractivity contribution is 0.997. The highest BCUT2D eigenvalue weighted by Crippen LogP contribution is 2.38. The Labute approximate surface area is 280 Å². The molecule has 3 nitrogen and oxygen atoms in total. The molecule has 0 unspecified atom stereocenters. The maximum Gasteiger partial charge on any atom is 0.161 e. The van der Waals surface area contributed by atoms with Gasteiger partial charge in [0.05, 0.1) is 11.4 Å². The van der Waals surface area contributed by atoms with Gasteiger partial charge in [-0.05, 0) is 98.6 Å². The van der Waals surface area contributed by atoms with Gasteiger partial charge in [0.1, 0.15) is 0 Å². The summed E-state index contributed by atoms with van der Waals surface area (Å²) in [5.74, 6) is 0.725. The molecule has 0 amide bonds. The van der Waals surface area contributed by atoms with E-state index in [2.05, 4.69) is 151 Å². The molecule has 8 aromatic rings. The summed E-state index contributed by atoms with van der Waals surface area (Å²) in [5, 5.41) is 4.93. The van der Waals surface area contributed by atoms with Crippen LogP contribution >= 0.6 is 0 Å². The summed E-state index contributed by atoms with van der Waals surface area (Å²) in [6, 6.07) is 49.6. The van der Waals surface area contributed by atoms with Gasteiger partial charge in [-0.2, -0.15) is 0 Å². The van der Waals surface area contributed by atoms with E-state index < -0.39 is 0 Å². The summed E-state index contributed by atoms with van der Waals surface area (Å²) in [6.07, 6.45) is 10.3. The summed E-state index contributed by atoms with van der Waals surface area (Å²) in [4.78, 5) is 15.0. The van der Waals surface area contributed by atoms with Gasteiger partial charge in [0.15, 0.2) is 5.82 Å². The van der Waals surface area contributed by atoms with E-state index in [-0.39, 0.29) is 0 Å². The van der Waals surface area contributed by atoms with Gasteiger partial charge in [-0.1, -0.05) is 115 Å². The van der Waals surface area contributed by atoms with Gasteiger partial charge < -0.3 is 0 Å². The second-order valence-electron chi connectivity index (χ2n) is 12.4. The van der Waals surface area contributed by atoms with Crippen molar-refractivity contribution in [2.24, 2.45) is 0 Å². The molecule has 0 saturated heterocycles. The van der Waals surface area contributed by atoms with E-state index in [0.717, 1.165) is 63.4 Å². The lowest BCUT2D eigenvalue weighted by Gasteiger charge is -2.18. The highest BCUT2D eigenvalue weighted by atomic mass is 14.9. The van der Waals surface area contributed by atoms with Crippen LogP contribution in [0.25, 0.3) is 83.8 Å². The van der Waals surface area contributed by atoms with Crippen LogP contribution in [0.15, 0.2) is 158 Å². The summed E-state index contributed by atoms with van der Waals surface area (Å²) in [5.41, 5.74) is 12.1. The fourth-order valence-corrected chi connectivity index (χ4v) is 6.99. The molecule has 1 aliphatic rings. The van der Waals surface area contributed by atoms with Crippen LogP contribution in [0.4, 0.5) is 0 Å². The molecule has 0 fully saturated rings. The maximum absolute atomic E-state index is 5.32. The fraction of sp³-hybridized carbons (Fsp3) is 0.0444. The van der Waals surface area contributed by atoms with Crippen LogP contribution in [0.2, 0.25) is 0 Å². The first-order valence-corrected chi connectivity index (χ1v) is 16.5. The third-order valence-electron chi connectivity index (χ3n) is 9.41. The largest absolute Gasteiger partial charge is 0.264 e. The van der Waals surface area contributed by atoms with Crippen molar-refractivity contribution in [1.82, 2.24) is 15.0 Å². The quantitative estimate of drug-likeness (QED) is 0.194. The molecule has 2 heterocycles. The molecule has 0 spiro atoms. The maximum atomic E-state index is 5.32. The van der Waals surface area contributed by atoms with Gasteiger partial charge in [0.2, 0.25) is 0 Å². The van der Waals surface area contributed by atoms with E-state index in [1.54, 1.807) is 6.20 Å². The Hall–Kier alpha value is -6.19. The van der Waals surface area contributed by atoms with Crippen molar-refractivity contribution in [2.45, 2.75) is 12.8 Å². The second-order valence-corrected chi connectivity index (χ2v) is 12.4. The first-order valence-electron chi connectivity index (χ1n) is 16.5. The normalized spacial score (nSPS) is 12.3. The Morgan fingerprint density at radius 2 is 1.15 bits per heavy atom. The van der Waals surface area contributed by atoms with E-state index in [0.29, 0.717) is 0 Å². The van der Waals surface area contributed by atoms with Crippen molar-refractivity contribution in [2.75, 3.05) is 0 Å². The Morgan fingerprint density at radius 3 is 1.92 bits per heavy atom. The molecule has 3 heteroatoms. The predicted molar refractivity (Wildman–Crippen MR) is 199 cm³/mol. The predicted octanol–water partition coefficient (Wildman–Crippen LogP) is 11.5. The first kappa shape index (κ1) is 28.1. The Bertz CT molecular complexity index is 2510. The third kappa shape index (κ3) is 5.16. The van der Waals surface area contributed by atoms with Gasteiger partial charge in [-0.25, -0.2) is 9.97 Å². The van der Waals surface area contributed by atoms with Crippen molar-refractivity contribution in [3.63, 3.8) is 0 Å². The smallest absolute Gasteiger partial charge is 0.161 e. The van der Waals surface area contributed by atoms with Crippen molar-refractivity contribution in [3.05, 3.63) is 169 Å². The summed E-state index contributed by atoms with van der Waals surface area (Å²) < 4.78 is 0. The zero-order valence-electron chi connectivity index (χ0n) is 26.3. The number of benzene rings is 6. The van der Waals surface area contributed by atoms with Crippen molar-refractivity contribution < 1.29 is 0 Å². The summed E-state index contributed by atoms with van der Waals surface area (Å²) in [6.45, 7) is 0. The minimum atomic E-state index is 0.725. The molecule has 0 radical (unpaired) electrons. The number of aryl methyl sites for hydroxylation is 1. The fourth-order valence-electron chi connectivity index (χ4n) is 6.99. The van der Waals surface area contributed by atoms with Crippen LogP contribution in [-0.2, 0) is 6.42 Å². The highest BCUT2D eigenvalue weighted by molar-refractivity contribution is 6.00. The average molecular weight is 614 g/mol. The standard InChI is InChI=1S/C45H31N3/c1-2-11-31-24-34(22-21-30(31)10-1)32-13-7-15-36(25-32)43-28-44(37-16-8-14-33(26-37)38-17-9-23-46-29-38)48-45(47-43)42-27-35-12-3-4-18-39(35)40-19-5-6-20-41(40)42/h1-3,5-17,19-29H,4,18H2. The molecule has 48 heavy (non-hydrogen) atoms. The van der Waals surface area contributed by atoms with Crippen LogP contribution in [0.3, 0.4) is 0 Å². The average Bonchev–Trinajstić information content (AvgIpc) is 3.17. The van der Waals surface area contributed by atoms with Crippen molar-refractivity contribution in [1.29, 1.82) is 0 Å². The molecule has 0 atom stereocenters. The number of hydrogen-bond donors (Lipinski definition) is 0. The third-order valence-corrected chi connectivity index (χ3v) is 9.41. The van der Waals surface area contributed by atoms with E-state index in [4.69, 9.17) is 9.97 Å². The second kappa shape index (κ2) is 11.9. The monoisotopic (exact) mass is 613 g/mol. The molecule has 1 aliphatic carbocycles. The van der Waals surface area contributed by atoms with Crippen LogP contribution < -0.4 is 0 Å². The SMILES string of the molecule is C1=Cc2cc(-c3nc(-c4cccc(-c5cccnc5)c4)cc(-c4cccc(-c5ccc6ccccc6c5)c4)n3)c3ccccc3c2CC1. The Morgan fingerprint density at radius 1 is 0.479 bits per heavy atom. The van der Waals surface area contributed by atoms with Crippen LogP contribution in [0, 0.1) is 0 Å². The molecule has 0 saturated carbocycles. The minimum absolute atomic E-state index is 0.725. The highest BCUT2D eigenvalue weighted by Gasteiger charge is 2.18. The molecular formula is C45H31N3. The lowest BCUT2D eigenvalue weighted by Crippen LogP contribution is -2.01. The van der Waals surface area contributed by atoms with Gasteiger partial charge in [0.25, 0.3) is 0 Å². The zero-order valence-corrected chi connectivity index (χ0v) is 26.3. The summed E-state index contributed by atoms with van der Waals surface area (Å²) in [7, 11) is 0. The molecule has 9 rings (SSSR count). The van der Waals surface area contributed by atoms with E-state index in [1.165, 1.54) is 38.2 Å². The number of fused-ring (bicyclic) bond motifs is 4. The number of rotatable bonds is 5. The molecule has 226 valence electrons. The van der Waals surface area contributed by atoms with Crippen molar-refractivity contribution in [3.8, 4) is 56.2 Å². The van der Waals surface area contributed by atoms with Gasteiger partial charge in [-0.15, -0.1) is 0 Å². The number of pyridine rings is 1. The van der Waals surface area contributed by atoms with Gasteiger partial charge in [0, 0.05) is 34.6 Å². The molecular weight excluding hydrogens is 583 g/mol. The van der Waals surface area contributed by atoms with E-state index in [1.807, 2.05) is 12.3 Å². The van der Waals surface area contributed by atoms with E-state index >= 15 is 0 Å². The Balaban J connectivity index is 1.24. The topological polar surface area (TPSA) is 38.7 Å². The number of allylic oxidation sites excluding steroid dienone is 1. The summed E-state index contributed by atoms with van der Waals surface area (Å²) >= 11 is 0. The van der Waals surface area contributed by atoms with Gasteiger partial charge >= 0.3 is 0 Å². The number of aromatic nitrogens is 3. The van der Waals surface area contributed by atoms with Crippen LogP contribution in [-0.4, -0.2) is 15.0 Å². The zero-order chi connectivity index (χ0) is 31.9. The van der Waals surface area contributed by atoms with Crippen LogP contribution in [0.5, 0.6) is 0 Å². The first-order chi connectivity index (χ1) is 23.8. The van der Waals surface area contributed by atoms with Crippen molar-refractivity contribution >= 4 is 27.6 Å². The molecule has 2 aromatic heterocycles. The number of nitrogens with zero attached hydrogens (tertiary/aromatic N) is 3. The molecule has 0 N–H and O–H groups in total. The molecule has 6 aromatic carbocycles. The number of hydrogen-bond acceptors (Lipinski definition) is 3. The van der Waals surface area contributed by atoms with E-state index in [9.17, 15) is 0 Å². The molecule has 0 aliphatic heterocycles. The van der Waals surface area contributed by atoms with Gasteiger partial charge in [-0.3, -0.25) is 4.98 Å². The van der Waals surface area contributed by atoms with Crippen LogP contribution in [0.1, 0.15) is 17.5 Å². The Kier molecular flexibility index (Phi) is 6.94.